The van der Waals surface area contributed by atoms with Gasteiger partial charge in [0.2, 0.25) is 0 Å². The van der Waals surface area contributed by atoms with E-state index in [2.05, 4.69) is 41.5 Å². The van der Waals surface area contributed by atoms with Gasteiger partial charge in [0.05, 0.1) is 46.5 Å². The molecular formula is C31H47LiO7P. The van der Waals surface area contributed by atoms with Gasteiger partial charge < -0.3 is 28.4 Å². The number of hydrogen-bond acceptors (Lipinski definition) is 7. The molecule has 0 aromatic heterocycles. The summed E-state index contributed by atoms with van der Waals surface area (Å²) in [6.07, 6.45) is 2.71. The van der Waals surface area contributed by atoms with Gasteiger partial charge in [-0.3, -0.25) is 4.79 Å². The summed E-state index contributed by atoms with van der Waals surface area (Å²) in [5, 5.41) is 0.712. The molecule has 0 aliphatic heterocycles. The second kappa shape index (κ2) is 18.4. The normalized spacial score (nSPS) is 11.2. The number of methoxy groups -OCH3 is 3. The maximum absolute atomic E-state index is 13.8. The van der Waals surface area contributed by atoms with E-state index in [4.69, 9.17) is 28.4 Å². The molecule has 0 amide bonds. The van der Waals surface area contributed by atoms with Crippen LogP contribution in [-0.2, 0) is 0 Å². The van der Waals surface area contributed by atoms with Crippen LogP contribution in [0.1, 0.15) is 71.2 Å². The molecule has 1 atom stereocenters. The van der Waals surface area contributed by atoms with Crippen molar-refractivity contribution in [3.63, 3.8) is 0 Å². The third kappa shape index (κ3) is 11.4. The number of benzene rings is 2. The van der Waals surface area contributed by atoms with Gasteiger partial charge >= 0.3 is 0 Å². The van der Waals surface area contributed by atoms with Crippen LogP contribution in [0.15, 0.2) is 24.3 Å². The SMILES string of the molecule is COc1cc(OC)c(C(=O)Pc2c(OCCC(C)C)cc(OCCC(C)C)cc2OCCC(C)C)c(OC)c1.[Li]. The number of rotatable bonds is 18. The van der Waals surface area contributed by atoms with Gasteiger partial charge in [0.25, 0.3) is 0 Å². The molecule has 0 aliphatic carbocycles. The van der Waals surface area contributed by atoms with Crippen molar-refractivity contribution in [3.8, 4) is 34.5 Å². The maximum atomic E-state index is 13.8. The van der Waals surface area contributed by atoms with Crippen molar-refractivity contribution in [1.29, 1.82) is 0 Å². The van der Waals surface area contributed by atoms with Gasteiger partial charge in [0.1, 0.15) is 40.1 Å². The number of ether oxygens (including phenoxy) is 6. The van der Waals surface area contributed by atoms with Gasteiger partial charge in [-0.1, -0.05) is 41.5 Å². The summed E-state index contributed by atoms with van der Waals surface area (Å²) in [7, 11) is 4.32. The predicted octanol–water partition coefficient (Wildman–Crippen LogP) is 6.75. The molecule has 0 saturated carbocycles. The van der Waals surface area contributed by atoms with Gasteiger partial charge in [-0.25, -0.2) is 0 Å². The minimum absolute atomic E-state index is 0. The molecule has 0 saturated heterocycles. The van der Waals surface area contributed by atoms with Gasteiger partial charge in [0, 0.05) is 43.1 Å². The zero-order chi connectivity index (χ0) is 28.9. The second-order valence-corrected chi connectivity index (χ2v) is 12.0. The molecule has 0 fully saturated rings. The summed E-state index contributed by atoms with van der Waals surface area (Å²) in [5.41, 5.74) is 0.208. The first-order chi connectivity index (χ1) is 18.6. The third-order valence-electron chi connectivity index (χ3n) is 6.09. The zero-order valence-electron chi connectivity index (χ0n) is 26.1. The Kier molecular flexibility index (Phi) is 16.5. The molecule has 9 heteroatoms. The predicted molar refractivity (Wildman–Crippen MR) is 165 cm³/mol. The second-order valence-electron chi connectivity index (χ2n) is 10.7. The molecule has 0 N–H and O–H groups in total. The first kappa shape index (κ1) is 36.0. The topological polar surface area (TPSA) is 72.5 Å². The van der Waals surface area contributed by atoms with E-state index in [1.165, 1.54) is 14.2 Å². The van der Waals surface area contributed by atoms with E-state index < -0.39 is 0 Å². The van der Waals surface area contributed by atoms with Crippen LogP contribution >= 0.6 is 8.58 Å². The van der Waals surface area contributed by atoms with Crippen molar-refractivity contribution in [3.05, 3.63) is 29.8 Å². The van der Waals surface area contributed by atoms with Crippen LogP contribution in [-0.4, -0.2) is 65.5 Å². The smallest absolute Gasteiger partial charge is 0.193 e. The molecule has 0 spiro atoms. The van der Waals surface area contributed by atoms with E-state index >= 15 is 0 Å². The van der Waals surface area contributed by atoms with Gasteiger partial charge in [-0.2, -0.15) is 0 Å². The van der Waals surface area contributed by atoms with Gasteiger partial charge in [0.15, 0.2) is 5.52 Å². The molecule has 7 nitrogen and oxygen atoms in total. The van der Waals surface area contributed by atoms with Crippen LogP contribution in [0.5, 0.6) is 34.5 Å². The average molecular weight is 570 g/mol. The Bertz CT molecular complexity index is 996. The van der Waals surface area contributed by atoms with E-state index in [1.807, 2.05) is 12.1 Å². The molecule has 2 aromatic carbocycles. The molecule has 2 aromatic rings. The van der Waals surface area contributed by atoms with E-state index in [9.17, 15) is 4.79 Å². The molecule has 1 radical (unpaired) electrons. The first-order valence-corrected chi connectivity index (χ1v) is 14.8. The third-order valence-corrected chi connectivity index (χ3v) is 7.31. The summed E-state index contributed by atoms with van der Waals surface area (Å²) in [6, 6.07) is 7.14. The van der Waals surface area contributed by atoms with Crippen LogP contribution in [0.25, 0.3) is 0 Å². The summed E-state index contributed by atoms with van der Waals surface area (Å²) in [6.45, 7) is 14.6. The van der Waals surface area contributed by atoms with Crippen molar-refractivity contribution >= 4 is 38.3 Å². The average Bonchev–Trinajstić information content (AvgIpc) is 2.88. The largest absolute Gasteiger partial charge is 0.496 e. The van der Waals surface area contributed by atoms with Crippen LogP contribution in [0, 0.1) is 17.8 Å². The summed E-state index contributed by atoms with van der Waals surface area (Å²) >= 11 is 0. The van der Waals surface area contributed by atoms with Crippen molar-refractivity contribution in [2.75, 3.05) is 41.2 Å². The van der Waals surface area contributed by atoms with E-state index in [1.54, 1.807) is 19.2 Å². The fourth-order valence-corrected chi connectivity index (χ4v) is 4.76. The van der Waals surface area contributed by atoms with Crippen molar-refractivity contribution < 1.29 is 33.2 Å². The molecule has 40 heavy (non-hydrogen) atoms. The van der Waals surface area contributed by atoms with Crippen LogP contribution in [0.4, 0.5) is 0 Å². The molecular weight excluding hydrogens is 522 g/mol. The van der Waals surface area contributed by atoms with Crippen molar-refractivity contribution in [1.82, 2.24) is 0 Å². The maximum Gasteiger partial charge on any atom is 0.193 e. The Hall–Kier alpha value is -2.06. The molecule has 219 valence electrons. The fourth-order valence-electron chi connectivity index (χ4n) is 3.63. The number of hydrogen-bond donors (Lipinski definition) is 0. The van der Waals surface area contributed by atoms with Crippen LogP contribution in [0.2, 0.25) is 0 Å². The van der Waals surface area contributed by atoms with E-state index in [-0.39, 0.29) is 33.0 Å². The molecule has 0 aliphatic rings. The number of carbonyl (C=O) groups excluding carboxylic acids is 1. The van der Waals surface area contributed by atoms with Crippen molar-refractivity contribution in [2.24, 2.45) is 17.8 Å². The number of carbonyl (C=O) groups is 1. The standard InChI is InChI=1S/C31H47O7P.Li/c1-20(2)10-13-36-24-18-27(37-14-11-21(3)4)30(28(19-24)38-15-12-22(5)6)39-31(32)29-25(34-8)16-23(33-7)17-26(29)35-9;/h16-22,39H,10-15H2,1-9H3;. The summed E-state index contributed by atoms with van der Waals surface area (Å²) < 4.78 is 35.1. The Morgan fingerprint density at radius 2 is 1.02 bits per heavy atom. The fraction of sp³-hybridized carbons (Fsp3) is 0.581. The Balaban J connectivity index is 0.00000800. The van der Waals surface area contributed by atoms with Crippen LogP contribution < -0.4 is 33.7 Å². The summed E-state index contributed by atoms with van der Waals surface area (Å²) in [5.74, 6) is 4.71. The van der Waals surface area contributed by atoms with Gasteiger partial charge in [-0.15, -0.1) is 0 Å². The summed E-state index contributed by atoms with van der Waals surface area (Å²) in [4.78, 5) is 13.8. The Labute approximate surface area is 254 Å². The van der Waals surface area contributed by atoms with E-state index in [0.717, 1.165) is 19.3 Å². The molecule has 2 rings (SSSR count). The Morgan fingerprint density at radius 3 is 1.40 bits per heavy atom. The molecule has 1 unspecified atom stereocenters. The minimum Gasteiger partial charge on any atom is -0.496 e. The van der Waals surface area contributed by atoms with Crippen molar-refractivity contribution in [2.45, 2.75) is 60.8 Å². The van der Waals surface area contributed by atoms with Crippen LogP contribution in [0.3, 0.4) is 0 Å². The molecule has 0 bridgehead atoms. The molecule has 0 heterocycles. The van der Waals surface area contributed by atoms with E-state index in [0.29, 0.717) is 82.9 Å². The minimum atomic E-state index is -0.289. The first-order valence-electron chi connectivity index (χ1n) is 13.8. The zero-order valence-corrected chi connectivity index (χ0v) is 27.1. The quantitative estimate of drug-likeness (QED) is 0.145. The van der Waals surface area contributed by atoms with Gasteiger partial charge in [-0.05, 0) is 45.6 Å². The Morgan fingerprint density at radius 1 is 0.625 bits per heavy atom. The monoisotopic (exact) mass is 569 g/mol.